The summed E-state index contributed by atoms with van der Waals surface area (Å²) in [4.78, 5) is 25.2. The third-order valence-corrected chi connectivity index (χ3v) is 8.90. The number of carboxylic acids is 1. The number of carbonyl (C=O) groups is 2. The van der Waals surface area contributed by atoms with E-state index in [9.17, 15) is 24.9 Å². The Kier molecular flexibility index (Phi) is 2.71. The van der Waals surface area contributed by atoms with Crippen LogP contribution >= 0.6 is 0 Å². The van der Waals surface area contributed by atoms with Crippen LogP contribution in [0.25, 0.3) is 0 Å². The van der Waals surface area contributed by atoms with Gasteiger partial charge >= 0.3 is 11.9 Å². The van der Waals surface area contributed by atoms with Crippen LogP contribution in [0.2, 0.25) is 0 Å². The van der Waals surface area contributed by atoms with Gasteiger partial charge in [-0.15, -0.1) is 0 Å². The van der Waals surface area contributed by atoms with E-state index in [1.807, 2.05) is 6.92 Å². The minimum atomic E-state index is -1.16. The first-order valence-corrected chi connectivity index (χ1v) is 9.46. The molecule has 25 heavy (non-hydrogen) atoms. The number of hydrogen-bond acceptors (Lipinski definition) is 5. The van der Waals surface area contributed by atoms with E-state index in [4.69, 9.17) is 4.74 Å². The van der Waals surface area contributed by atoms with Crippen LogP contribution in [0, 0.1) is 34.5 Å². The monoisotopic (exact) mass is 350 g/mol. The van der Waals surface area contributed by atoms with Crippen molar-refractivity contribution in [2.75, 3.05) is 0 Å². The lowest BCUT2D eigenvalue weighted by Crippen LogP contribution is -2.53. The van der Waals surface area contributed by atoms with Gasteiger partial charge < -0.3 is 20.1 Å². The number of aliphatic hydroxyl groups is 2. The van der Waals surface area contributed by atoms with Gasteiger partial charge in [-0.05, 0) is 63.7 Å². The summed E-state index contributed by atoms with van der Waals surface area (Å²) < 4.78 is 5.99. The molecule has 0 amide bonds. The zero-order chi connectivity index (χ0) is 18.0. The van der Waals surface area contributed by atoms with Crippen molar-refractivity contribution >= 4 is 11.9 Å². The van der Waals surface area contributed by atoms with Crippen molar-refractivity contribution in [2.45, 2.75) is 69.7 Å². The number of aliphatic hydroxyl groups excluding tert-OH is 1. The Morgan fingerprint density at radius 1 is 1.24 bits per heavy atom. The molecular weight excluding hydrogens is 324 g/mol. The van der Waals surface area contributed by atoms with E-state index >= 15 is 0 Å². The summed E-state index contributed by atoms with van der Waals surface area (Å²) in [6.45, 7) is 3.52. The van der Waals surface area contributed by atoms with Crippen LogP contribution in [0.3, 0.4) is 0 Å². The van der Waals surface area contributed by atoms with Crippen molar-refractivity contribution in [3.8, 4) is 0 Å². The highest BCUT2D eigenvalue weighted by Gasteiger charge is 2.84. The zero-order valence-corrected chi connectivity index (χ0v) is 14.7. The number of rotatable bonds is 1. The number of fused-ring (bicyclic) bond motifs is 1. The Morgan fingerprint density at radius 3 is 2.64 bits per heavy atom. The van der Waals surface area contributed by atoms with Crippen LogP contribution in [-0.2, 0) is 14.3 Å². The van der Waals surface area contributed by atoms with Crippen LogP contribution in [0.5, 0.6) is 0 Å². The number of carbonyl (C=O) groups excluding carboxylic acids is 1. The Labute approximate surface area is 146 Å². The molecule has 0 aromatic heterocycles. The molecule has 138 valence electrons. The number of hydrogen-bond donors (Lipinski definition) is 3. The molecule has 3 N–H and O–H groups in total. The number of aliphatic carboxylic acids is 1. The number of carboxylic acid groups (broad SMARTS) is 1. The van der Waals surface area contributed by atoms with E-state index in [2.05, 4.69) is 0 Å². The van der Waals surface area contributed by atoms with E-state index in [0.717, 1.165) is 12.8 Å². The van der Waals surface area contributed by atoms with Crippen LogP contribution < -0.4 is 0 Å². The predicted molar refractivity (Wildman–Crippen MR) is 85.3 cm³/mol. The van der Waals surface area contributed by atoms with E-state index in [1.54, 1.807) is 6.92 Å². The topological polar surface area (TPSA) is 104 Å². The Hall–Kier alpha value is -1.14. The summed E-state index contributed by atoms with van der Waals surface area (Å²) in [5, 5.41) is 31.7. The van der Waals surface area contributed by atoms with Crippen LogP contribution in [0.4, 0.5) is 0 Å². The Morgan fingerprint density at radius 2 is 1.96 bits per heavy atom. The van der Waals surface area contributed by atoms with Crippen molar-refractivity contribution < 1.29 is 29.6 Å². The summed E-state index contributed by atoms with van der Waals surface area (Å²) in [6.07, 6.45) is 2.91. The number of ether oxygens (including phenoxy) is 1. The molecule has 0 unspecified atom stereocenters. The van der Waals surface area contributed by atoms with Gasteiger partial charge in [0, 0.05) is 11.8 Å². The fourth-order valence-electron chi connectivity index (χ4n) is 8.08. The molecule has 0 aromatic rings. The molecule has 4 saturated carbocycles. The molecule has 1 aliphatic heterocycles. The van der Waals surface area contributed by atoms with Crippen molar-refractivity contribution in [1.82, 2.24) is 0 Å². The van der Waals surface area contributed by atoms with Gasteiger partial charge in [-0.2, -0.15) is 0 Å². The predicted octanol–water partition coefficient (Wildman–Crippen LogP) is 1.33. The van der Waals surface area contributed by atoms with Gasteiger partial charge in [0.15, 0.2) is 0 Å². The molecule has 0 aromatic carbocycles. The summed E-state index contributed by atoms with van der Waals surface area (Å²) >= 11 is 0. The molecule has 6 heteroatoms. The SMILES string of the molecule is C[C@@]12C(=O)O[C@]3(CC[C@@H]1O)[C@@H]1CC[C@@H]4C[C@]1(C[C@@]4(C)O)[C@@H](C(=O)O)[C@@H]32. The van der Waals surface area contributed by atoms with E-state index < -0.39 is 51.9 Å². The maximum absolute atomic E-state index is 12.7. The van der Waals surface area contributed by atoms with Gasteiger partial charge in [0.05, 0.1) is 23.0 Å². The Balaban J connectivity index is 1.74. The smallest absolute Gasteiger partial charge is 0.315 e. The largest absolute Gasteiger partial charge is 0.481 e. The van der Waals surface area contributed by atoms with Gasteiger partial charge in [-0.1, -0.05) is 0 Å². The molecule has 4 aliphatic carbocycles. The van der Waals surface area contributed by atoms with Crippen molar-refractivity contribution in [3.05, 3.63) is 0 Å². The first kappa shape index (κ1) is 16.1. The van der Waals surface area contributed by atoms with Gasteiger partial charge in [0.2, 0.25) is 0 Å². The van der Waals surface area contributed by atoms with Crippen molar-refractivity contribution in [2.24, 2.45) is 34.5 Å². The maximum Gasteiger partial charge on any atom is 0.315 e. The fourth-order valence-corrected chi connectivity index (χ4v) is 8.08. The van der Waals surface area contributed by atoms with E-state index in [-0.39, 0.29) is 11.8 Å². The highest BCUT2D eigenvalue weighted by atomic mass is 16.6. The van der Waals surface area contributed by atoms with Gasteiger partial charge in [0.1, 0.15) is 5.60 Å². The summed E-state index contributed by atoms with van der Waals surface area (Å²) in [6, 6.07) is 0. The molecule has 1 spiro atoms. The lowest BCUT2D eigenvalue weighted by molar-refractivity contribution is -0.162. The van der Waals surface area contributed by atoms with Gasteiger partial charge in [-0.3, -0.25) is 9.59 Å². The average molecular weight is 350 g/mol. The highest BCUT2D eigenvalue weighted by molar-refractivity contribution is 5.85. The van der Waals surface area contributed by atoms with E-state index in [1.165, 1.54) is 0 Å². The molecule has 6 nitrogen and oxygen atoms in total. The van der Waals surface area contributed by atoms with Crippen molar-refractivity contribution in [1.29, 1.82) is 0 Å². The highest BCUT2D eigenvalue weighted by Crippen LogP contribution is 2.78. The minimum Gasteiger partial charge on any atom is -0.481 e. The van der Waals surface area contributed by atoms with E-state index in [0.29, 0.717) is 25.7 Å². The van der Waals surface area contributed by atoms with Gasteiger partial charge in [-0.25, -0.2) is 0 Å². The van der Waals surface area contributed by atoms with Gasteiger partial charge in [0.25, 0.3) is 0 Å². The molecule has 1 saturated heterocycles. The van der Waals surface area contributed by atoms with Crippen molar-refractivity contribution in [3.63, 3.8) is 0 Å². The zero-order valence-electron chi connectivity index (χ0n) is 14.7. The normalized spacial score (nSPS) is 61.6. The molecular formula is C19H26O6. The second kappa shape index (κ2) is 4.22. The fraction of sp³-hybridized carbons (Fsp3) is 0.895. The second-order valence-corrected chi connectivity index (χ2v) is 9.77. The Bertz CT molecular complexity index is 687. The first-order chi connectivity index (χ1) is 11.6. The van der Waals surface area contributed by atoms with Crippen LogP contribution in [0.1, 0.15) is 52.4 Å². The van der Waals surface area contributed by atoms with Crippen LogP contribution in [0.15, 0.2) is 0 Å². The lowest BCUT2D eigenvalue weighted by atomic mass is 9.59. The third-order valence-electron chi connectivity index (χ3n) is 8.90. The molecule has 4 bridgehead atoms. The molecule has 9 atom stereocenters. The first-order valence-electron chi connectivity index (χ1n) is 9.46. The second-order valence-electron chi connectivity index (χ2n) is 9.77. The summed E-state index contributed by atoms with van der Waals surface area (Å²) in [7, 11) is 0. The molecule has 5 rings (SSSR count). The van der Waals surface area contributed by atoms with Crippen LogP contribution in [-0.4, -0.2) is 44.6 Å². The lowest BCUT2D eigenvalue weighted by Gasteiger charge is -2.44. The maximum atomic E-state index is 12.7. The molecule has 0 radical (unpaired) electrons. The third kappa shape index (κ3) is 1.48. The molecule has 5 aliphatic rings. The molecule has 5 fully saturated rings. The average Bonchev–Trinajstić information content (AvgIpc) is 2.95. The summed E-state index contributed by atoms with van der Waals surface area (Å²) in [5.41, 5.74) is -3.33. The number of esters is 1. The molecule has 1 heterocycles. The minimum absolute atomic E-state index is 0.0328. The standard InChI is InChI=1S/C19H26O6/c1-16(24)8-18-7-9(16)3-4-10(18)19-6-5-11(20)17(2,15(23)25-19)13(19)12(18)14(21)22/h9-13,20,24H,3-8H2,1-2H3,(H,21,22)/t9-,10-,11+,12-,13-,16-,17-,18-,19-/m1/s1. The summed E-state index contributed by atoms with van der Waals surface area (Å²) in [5.74, 6) is -2.53. The quantitative estimate of drug-likeness (QED) is 0.617.